The molecule has 2 N–H and O–H groups in total. The topological polar surface area (TPSA) is 106 Å². The molecular weight excluding hydrogens is 423 g/mol. The summed E-state index contributed by atoms with van der Waals surface area (Å²) >= 11 is 0. The van der Waals surface area contributed by atoms with E-state index in [-0.39, 0.29) is 5.56 Å². The van der Waals surface area contributed by atoms with Gasteiger partial charge in [-0.25, -0.2) is 14.8 Å². The molecule has 0 spiro atoms. The smallest absolute Gasteiger partial charge is 0.337 e. The van der Waals surface area contributed by atoms with Crippen LogP contribution in [0, 0.1) is 26.7 Å². The number of nitrogens with one attached hydrogen (secondary N) is 1. The second-order valence-electron chi connectivity index (χ2n) is 7.70. The number of benzene rings is 1. The van der Waals surface area contributed by atoms with Crippen molar-refractivity contribution in [1.29, 1.82) is 0 Å². The zero-order valence-electron chi connectivity index (χ0n) is 18.7. The van der Waals surface area contributed by atoms with Crippen LogP contribution in [0.3, 0.4) is 0 Å². The largest absolute Gasteiger partial charge is 0.478 e. The number of rotatable bonds is 6. The molecule has 3 aromatic heterocycles. The zero-order chi connectivity index (χ0) is 23.7. The third kappa shape index (κ3) is 4.30. The quantitative estimate of drug-likeness (QED) is 0.410. The Morgan fingerprint density at radius 2 is 1.91 bits per heavy atom. The Hall–Kier alpha value is -4.14. The minimum absolute atomic E-state index is 0.121. The van der Waals surface area contributed by atoms with E-state index in [0.717, 1.165) is 11.3 Å². The van der Waals surface area contributed by atoms with Crippen LogP contribution in [0.2, 0.25) is 0 Å². The molecule has 0 aliphatic rings. The summed E-state index contributed by atoms with van der Waals surface area (Å²) in [6.07, 6.45) is 3.68. The van der Waals surface area contributed by atoms with E-state index in [9.17, 15) is 14.3 Å². The minimum atomic E-state index is -1.06. The van der Waals surface area contributed by atoms with Crippen molar-refractivity contribution in [1.82, 2.24) is 24.7 Å². The molecule has 4 rings (SSSR count). The number of halogens is 1. The Morgan fingerprint density at radius 3 is 2.58 bits per heavy atom. The van der Waals surface area contributed by atoms with E-state index in [1.807, 2.05) is 33.8 Å². The molecule has 0 amide bonds. The number of pyridine rings is 1. The summed E-state index contributed by atoms with van der Waals surface area (Å²) in [6, 6.07) is 8.04. The van der Waals surface area contributed by atoms with Crippen molar-refractivity contribution in [3.8, 4) is 16.9 Å². The van der Waals surface area contributed by atoms with Gasteiger partial charge in [0.2, 0.25) is 5.95 Å². The number of aromatic carboxylic acids is 1. The Kier molecular flexibility index (Phi) is 5.87. The van der Waals surface area contributed by atoms with E-state index >= 15 is 0 Å². The van der Waals surface area contributed by atoms with Crippen molar-refractivity contribution in [3.05, 3.63) is 76.9 Å². The molecular formula is C24H23FN6O2. The number of carboxylic acids is 1. The molecule has 3 heterocycles. The van der Waals surface area contributed by atoms with E-state index in [4.69, 9.17) is 5.10 Å². The fraction of sp³-hybridized carbons (Fsp3) is 0.208. The maximum absolute atomic E-state index is 13.5. The lowest BCUT2D eigenvalue weighted by Crippen LogP contribution is -2.11. The lowest BCUT2D eigenvalue weighted by atomic mass is 10.0. The van der Waals surface area contributed by atoms with Gasteiger partial charge in [0.1, 0.15) is 5.82 Å². The highest BCUT2D eigenvalue weighted by molar-refractivity contribution is 5.96. The highest BCUT2D eigenvalue weighted by Gasteiger charge is 2.24. The van der Waals surface area contributed by atoms with Crippen LogP contribution in [0.4, 0.5) is 15.9 Å². The van der Waals surface area contributed by atoms with E-state index in [1.54, 1.807) is 29.1 Å². The average Bonchev–Trinajstić information content (AvgIpc) is 3.15. The van der Waals surface area contributed by atoms with Gasteiger partial charge in [-0.05, 0) is 51.5 Å². The Bertz CT molecular complexity index is 1350. The Balaban J connectivity index is 2.01. The van der Waals surface area contributed by atoms with Gasteiger partial charge < -0.3 is 10.4 Å². The first-order valence-electron chi connectivity index (χ1n) is 10.4. The highest BCUT2D eigenvalue weighted by atomic mass is 19.1. The molecule has 0 saturated heterocycles. The molecule has 9 heteroatoms. The van der Waals surface area contributed by atoms with Gasteiger partial charge in [-0.2, -0.15) is 14.2 Å². The maximum Gasteiger partial charge on any atom is 0.337 e. The van der Waals surface area contributed by atoms with Crippen LogP contribution >= 0.6 is 0 Å². The summed E-state index contributed by atoms with van der Waals surface area (Å²) in [7, 11) is 0. The van der Waals surface area contributed by atoms with E-state index < -0.39 is 11.9 Å². The van der Waals surface area contributed by atoms with Gasteiger partial charge in [0.05, 0.1) is 28.3 Å². The number of anilines is 2. The van der Waals surface area contributed by atoms with Crippen LogP contribution in [-0.2, 0) is 6.42 Å². The van der Waals surface area contributed by atoms with Crippen LogP contribution in [0.5, 0.6) is 0 Å². The second-order valence-corrected chi connectivity index (χ2v) is 7.70. The molecule has 0 aliphatic carbocycles. The molecule has 4 aromatic rings. The SMILES string of the molecule is CCc1nn(-c2nc(C)cnc2C)c(Nc2ccc(C)cc2C(=O)O)c1-c1ccc(F)nc1. The molecule has 0 fully saturated rings. The van der Waals surface area contributed by atoms with Gasteiger partial charge >= 0.3 is 5.97 Å². The first kappa shape index (κ1) is 22.1. The fourth-order valence-corrected chi connectivity index (χ4v) is 3.60. The van der Waals surface area contributed by atoms with Crippen molar-refractivity contribution >= 4 is 17.5 Å². The summed E-state index contributed by atoms with van der Waals surface area (Å²) in [4.78, 5) is 24.8. The van der Waals surface area contributed by atoms with Crippen molar-refractivity contribution in [2.75, 3.05) is 5.32 Å². The summed E-state index contributed by atoms with van der Waals surface area (Å²) in [6.45, 7) is 7.45. The number of aryl methyl sites for hydroxylation is 4. The highest BCUT2D eigenvalue weighted by Crippen LogP contribution is 2.36. The number of hydrogen-bond acceptors (Lipinski definition) is 6. The summed E-state index contributed by atoms with van der Waals surface area (Å²) in [5.41, 5.74) is 4.75. The summed E-state index contributed by atoms with van der Waals surface area (Å²) in [5, 5.41) is 17.8. The van der Waals surface area contributed by atoms with Crippen LogP contribution in [0.1, 0.15) is 39.9 Å². The Labute approximate surface area is 190 Å². The molecule has 0 aliphatic heterocycles. The lowest BCUT2D eigenvalue weighted by molar-refractivity contribution is 0.0698. The second kappa shape index (κ2) is 8.78. The zero-order valence-corrected chi connectivity index (χ0v) is 18.7. The van der Waals surface area contributed by atoms with Gasteiger partial charge in [0, 0.05) is 23.5 Å². The van der Waals surface area contributed by atoms with E-state index in [1.165, 1.54) is 12.3 Å². The molecule has 0 unspecified atom stereocenters. The number of carboxylic acid groups (broad SMARTS) is 1. The third-order valence-electron chi connectivity index (χ3n) is 5.22. The molecule has 8 nitrogen and oxygen atoms in total. The number of aromatic nitrogens is 5. The molecule has 33 heavy (non-hydrogen) atoms. The van der Waals surface area contributed by atoms with Crippen molar-refractivity contribution in [2.45, 2.75) is 34.1 Å². The number of hydrogen-bond donors (Lipinski definition) is 2. The average molecular weight is 446 g/mol. The molecule has 0 saturated carbocycles. The third-order valence-corrected chi connectivity index (χ3v) is 5.22. The molecule has 0 bridgehead atoms. The van der Waals surface area contributed by atoms with E-state index in [2.05, 4.69) is 20.3 Å². The summed E-state index contributed by atoms with van der Waals surface area (Å²) in [5.74, 6) is -0.641. The fourth-order valence-electron chi connectivity index (χ4n) is 3.60. The van der Waals surface area contributed by atoms with Crippen LogP contribution in [-0.4, -0.2) is 35.8 Å². The van der Waals surface area contributed by atoms with E-state index in [0.29, 0.717) is 46.3 Å². The standard InChI is InChI=1S/C24H23FN6O2/c1-5-18-21(16-7-9-20(25)27-12-16)23(29-19-8-6-13(2)10-17(19)24(32)33)31(30-18)22-15(4)26-11-14(3)28-22/h6-12,29H,5H2,1-4H3,(H,32,33). The van der Waals surface area contributed by atoms with Crippen molar-refractivity contribution in [2.24, 2.45) is 0 Å². The number of nitrogens with zero attached hydrogens (tertiary/aromatic N) is 5. The molecule has 0 atom stereocenters. The predicted molar refractivity (Wildman–Crippen MR) is 123 cm³/mol. The number of carbonyl (C=O) groups is 1. The first-order valence-corrected chi connectivity index (χ1v) is 10.4. The van der Waals surface area contributed by atoms with Gasteiger partial charge in [-0.1, -0.05) is 18.6 Å². The van der Waals surface area contributed by atoms with Crippen LogP contribution < -0.4 is 5.32 Å². The molecule has 1 aromatic carbocycles. The molecule has 168 valence electrons. The first-order chi connectivity index (χ1) is 15.8. The van der Waals surface area contributed by atoms with Gasteiger partial charge in [-0.3, -0.25) is 4.98 Å². The molecule has 0 radical (unpaired) electrons. The van der Waals surface area contributed by atoms with Crippen molar-refractivity contribution in [3.63, 3.8) is 0 Å². The Morgan fingerprint density at radius 1 is 1.12 bits per heavy atom. The summed E-state index contributed by atoms with van der Waals surface area (Å²) < 4.78 is 15.2. The predicted octanol–water partition coefficient (Wildman–Crippen LogP) is 4.79. The maximum atomic E-state index is 13.5. The normalized spacial score (nSPS) is 10.9. The monoisotopic (exact) mass is 446 g/mol. The van der Waals surface area contributed by atoms with Gasteiger partial charge in [-0.15, -0.1) is 0 Å². The van der Waals surface area contributed by atoms with Crippen LogP contribution in [0.15, 0.2) is 42.7 Å². The lowest BCUT2D eigenvalue weighted by Gasteiger charge is -2.15. The van der Waals surface area contributed by atoms with Crippen LogP contribution in [0.25, 0.3) is 16.9 Å². The van der Waals surface area contributed by atoms with Gasteiger partial charge in [0.15, 0.2) is 5.82 Å². The minimum Gasteiger partial charge on any atom is -0.478 e. The van der Waals surface area contributed by atoms with Gasteiger partial charge in [0.25, 0.3) is 0 Å². The van der Waals surface area contributed by atoms with Crippen molar-refractivity contribution < 1.29 is 14.3 Å².